The lowest BCUT2D eigenvalue weighted by atomic mass is 10.2. The zero-order chi connectivity index (χ0) is 12.1. The maximum atomic E-state index is 5.71. The Morgan fingerprint density at radius 1 is 0.941 bits per heavy atom. The molecule has 0 saturated carbocycles. The number of hydrogen-bond acceptors (Lipinski definition) is 2. The third-order valence-corrected chi connectivity index (χ3v) is 2.35. The molecule has 0 atom stereocenters. The molecule has 2 rings (SSSR count). The summed E-state index contributed by atoms with van der Waals surface area (Å²) in [6.45, 7) is 0.839. The van der Waals surface area contributed by atoms with Gasteiger partial charge in [-0.25, -0.2) is 0 Å². The highest BCUT2D eigenvalue weighted by atomic mass is 16.5. The largest absolute Gasteiger partial charge is 0.458 e. The molecule has 0 amide bonds. The second-order valence-corrected chi connectivity index (χ2v) is 4.07. The topological polar surface area (TPSA) is 12.5 Å². The third kappa shape index (κ3) is 3.61. The smallest absolute Gasteiger partial charge is 0.127 e. The van der Waals surface area contributed by atoms with Crippen molar-refractivity contribution in [3.05, 3.63) is 67.2 Å². The predicted octanol–water partition coefficient (Wildman–Crippen LogP) is 3.70. The van der Waals surface area contributed by atoms with Crippen LogP contribution in [0, 0.1) is 7.05 Å². The summed E-state index contributed by atoms with van der Waals surface area (Å²) in [4.78, 5) is 1.90. The molecule has 88 valence electrons. The fraction of sp³-hybridized carbons (Fsp3) is 0.133. The van der Waals surface area contributed by atoms with Crippen molar-refractivity contribution in [2.45, 2.75) is 6.54 Å². The Balaban J connectivity index is 2.03. The summed E-state index contributed by atoms with van der Waals surface area (Å²) in [5.41, 5.74) is 1.22. The van der Waals surface area contributed by atoms with E-state index >= 15 is 0 Å². The first kappa shape index (κ1) is 11.7. The summed E-state index contributed by atoms with van der Waals surface area (Å²) in [5, 5.41) is 0. The van der Waals surface area contributed by atoms with Gasteiger partial charge < -0.3 is 9.64 Å². The molecule has 2 heteroatoms. The summed E-state index contributed by atoms with van der Waals surface area (Å²) >= 11 is 0. The Morgan fingerprint density at radius 3 is 2.12 bits per heavy atom. The minimum Gasteiger partial charge on any atom is -0.458 e. The number of ether oxygens (including phenoxy) is 1. The molecule has 0 spiro atoms. The van der Waals surface area contributed by atoms with Crippen LogP contribution in [0.25, 0.3) is 0 Å². The fourth-order valence-corrected chi connectivity index (χ4v) is 1.60. The van der Waals surface area contributed by atoms with Gasteiger partial charge in [0.2, 0.25) is 0 Å². The molecule has 2 aromatic rings. The van der Waals surface area contributed by atoms with Crippen LogP contribution in [-0.4, -0.2) is 11.9 Å². The first-order valence-corrected chi connectivity index (χ1v) is 5.57. The van der Waals surface area contributed by atoms with Gasteiger partial charge in [-0.15, -0.1) is 0 Å². The number of benzene rings is 2. The van der Waals surface area contributed by atoms with Crippen molar-refractivity contribution >= 4 is 0 Å². The molecular formula is C15H16NO-. The van der Waals surface area contributed by atoms with Gasteiger partial charge in [-0.3, -0.25) is 7.05 Å². The summed E-state index contributed by atoms with van der Waals surface area (Å²) < 4.78 is 5.71. The monoisotopic (exact) mass is 226 g/mol. The van der Waals surface area contributed by atoms with Gasteiger partial charge in [0.25, 0.3) is 0 Å². The number of hydrogen-bond donors (Lipinski definition) is 0. The minimum atomic E-state index is 0.839. The molecule has 0 N–H and O–H groups in total. The van der Waals surface area contributed by atoms with E-state index in [1.807, 2.05) is 54.4 Å². The first-order chi connectivity index (χ1) is 8.24. The molecule has 0 radical (unpaired) electrons. The highest BCUT2D eigenvalue weighted by molar-refractivity contribution is 5.32. The van der Waals surface area contributed by atoms with E-state index < -0.39 is 0 Å². The third-order valence-electron chi connectivity index (χ3n) is 2.35. The molecule has 0 heterocycles. The second kappa shape index (κ2) is 5.51. The van der Waals surface area contributed by atoms with Crippen LogP contribution in [0.4, 0.5) is 0 Å². The average molecular weight is 226 g/mol. The van der Waals surface area contributed by atoms with Crippen molar-refractivity contribution in [1.29, 1.82) is 0 Å². The average Bonchev–Trinajstić information content (AvgIpc) is 2.32. The summed E-state index contributed by atoms with van der Waals surface area (Å²) in [5.74, 6) is 1.71. The Hall–Kier alpha value is -1.80. The van der Waals surface area contributed by atoms with E-state index in [1.165, 1.54) is 5.56 Å². The van der Waals surface area contributed by atoms with Crippen LogP contribution in [0.5, 0.6) is 11.5 Å². The Morgan fingerprint density at radius 2 is 1.53 bits per heavy atom. The van der Waals surface area contributed by atoms with Crippen molar-refractivity contribution in [3.8, 4) is 11.5 Å². The molecular weight excluding hydrogens is 210 g/mol. The Bertz CT molecular complexity index is 448. The van der Waals surface area contributed by atoms with Crippen LogP contribution in [0.1, 0.15) is 5.56 Å². The zero-order valence-corrected chi connectivity index (χ0v) is 9.97. The SMILES string of the molecule is [CH2-]N(C)Cc1ccc(Oc2ccccc2)cc1. The van der Waals surface area contributed by atoms with Crippen molar-refractivity contribution in [1.82, 2.24) is 4.90 Å². The van der Waals surface area contributed by atoms with Crippen molar-refractivity contribution < 1.29 is 4.74 Å². The van der Waals surface area contributed by atoms with Crippen LogP contribution in [0.2, 0.25) is 0 Å². The molecule has 17 heavy (non-hydrogen) atoms. The predicted molar refractivity (Wildman–Crippen MR) is 69.8 cm³/mol. The van der Waals surface area contributed by atoms with E-state index in [-0.39, 0.29) is 0 Å². The van der Waals surface area contributed by atoms with Gasteiger partial charge in [-0.2, -0.15) is 0 Å². The van der Waals surface area contributed by atoms with Crippen molar-refractivity contribution in [2.24, 2.45) is 0 Å². The van der Waals surface area contributed by atoms with Crippen LogP contribution in [0.3, 0.4) is 0 Å². The van der Waals surface area contributed by atoms with Crippen molar-refractivity contribution in [2.75, 3.05) is 7.05 Å². The molecule has 0 aliphatic carbocycles. The number of para-hydroxylation sites is 1. The molecule has 0 unspecified atom stereocenters. The fourth-order valence-electron chi connectivity index (χ4n) is 1.60. The molecule has 0 bridgehead atoms. The minimum absolute atomic E-state index is 0.839. The normalized spacial score (nSPS) is 10.5. The standard InChI is InChI=1S/C15H16NO/c1-16(2)12-13-8-10-15(11-9-13)17-14-6-4-3-5-7-14/h3-11H,1,12H2,2H3/q-1. The van der Waals surface area contributed by atoms with E-state index in [1.54, 1.807) is 0 Å². The van der Waals surface area contributed by atoms with E-state index in [2.05, 4.69) is 19.2 Å². The molecule has 0 fully saturated rings. The zero-order valence-electron chi connectivity index (χ0n) is 9.97. The summed E-state index contributed by atoms with van der Waals surface area (Å²) in [7, 11) is 5.78. The lowest BCUT2D eigenvalue weighted by Gasteiger charge is -2.17. The van der Waals surface area contributed by atoms with E-state index in [4.69, 9.17) is 4.74 Å². The quantitative estimate of drug-likeness (QED) is 0.737. The first-order valence-electron chi connectivity index (χ1n) is 5.57. The molecule has 0 aliphatic heterocycles. The van der Waals surface area contributed by atoms with Crippen LogP contribution >= 0.6 is 0 Å². The van der Waals surface area contributed by atoms with Crippen LogP contribution in [-0.2, 0) is 6.54 Å². The number of nitrogens with zero attached hydrogens (tertiary/aromatic N) is 1. The van der Waals surface area contributed by atoms with Crippen LogP contribution in [0.15, 0.2) is 54.6 Å². The van der Waals surface area contributed by atoms with E-state index in [0.717, 1.165) is 18.0 Å². The van der Waals surface area contributed by atoms with E-state index in [0.29, 0.717) is 0 Å². The van der Waals surface area contributed by atoms with Gasteiger partial charge in [0.05, 0.1) is 0 Å². The second-order valence-electron chi connectivity index (χ2n) is 4.07. The van der Waals surface area contributed by atoms with Gasteiger partial charge in [0.15, 0.2) is 0 Å². The van der Waals surface area contributed by atoms with Crippen LogP contribution < -0.4 is 4.74 Å². The van der Waals surface area contributed by atoms with Crippen molar-refractivity contribution in [3.63, 3.8) is 0 Å². The van der Waals surface area contributed by atoms with Gasteiger partial charge in [-0.1, -0.05) is 30.3 Å². The highest BCUT2D eigenvalue weighted by Crippen LogP contribution is 2.21. The van der Waals surface area contributed by atoms with E-state index in [9.17, 15) is 0 Å². The number of rotatable bonds is 4. The van der Waals surface area contributed by atoms with Gasteiger partial charge in [0.1, 0.15) is 11.5 Å². The molecule has 0 saturated heterocycles. The Kier molecular flexibility index (Phi) is 3.78. The van der Waals surface area contributed by atoms with Gasteiger partial charge >= 0.3 is 0 Å². The maximum absolute atomic E-state index is 5.71. The lowest BCUT2D eigenvalue weighted by Crippen LogP contribution is -2.07. The maximum Gasteiger partial charge on any atom is 0.127 e. The molecule has 0 aliphatic rings. The lowest BCUT2D eigenvalue weighted by molar-refractivity contribution is 0.443. The summed E-state index contributed by atoms with van der Waals surface area (Å²) in [6.07, 6.45) is 0. The molecule has 0 aromatic heterocycles. The molecule has 2 aromatic carbocycles. The summed E-state index contributed by atoms with van der Waals surface area (Å²) in [6, 6.07) is 17.8. The van der Waals surface area contributed by atoms with Gasteiger partial charge in [-0.05, 0) is 43.4 Å². The Labute approximate surface area is 102 Å². The molecule has 2 nitrogen and oxygen atoms in total. The highest BCUT2D eigenvalue weighted by Gasteiger charge is 1.97. The van der Waals surface area contributed by atoms with Gasteiger partial charge in [0, 0.05) is 0 Å².